The molecule has 106 valence electrons. The molecule has 0 radical (unpaired) electrons. The van der Waals surface area contributed by atoms with Crippen molar-refractivity contribution in [1.29, 1.82) is 0 Å². The summed E-state index contributed by atoms with van der Waals surface area (Å²) >= 11 is 0. The first-order chi connectivity index (χ1) is 9.81. The highest BCUT2D eigenvalue weighted by molar-refractivity contribution is 5.55. The Kier molecular flexibility index (Phi) is 3.85. The van der Waals surface area contributed by atoms with Crippen molar-refractivity contribution in [2.45, 2.75) is 25.8 Å². The van der Waals surface area contributed by atoms with Gasteiger partial charge in [-0.1, -0.05) is 5.21 Å². The largest absolute Gasteiger partial charge is 0.379 e. The fourth-order valence-electron chi connectivity index (χ4n) is 2.61. The topological polar surface area (TPSA) is 46.0 Å². The van der Waals surface area contributed by atoms with Gasteiger partial charge in [0.05, 0.1) is 6.54 Å². The Hall–Kier alpha value is -2.04. The minimum Gasteiger partial charge on any atom is -0.379 e. The number of nitrogens with one attached hydrogen (secondary N) is 1. The van der Waals surface area contributed by atoms with E-state index in [1.54, 1.807) is 4.68 Å². The molecule has 0 aliphatic carbocycles. The zero-order chi connectivity index (χ0) is 13.8. The van der Waals surface area contributed by atoms with Gasteiger partial charge in [-0.3, -0.25) is 4.68 Å². The third-order valence-corrected chi connectivity index (χ3v) is 3.71. The first-order valence-electron chi connectivity index (χ1n) is 7.25. The van der Waals surface area contributed by atoms with Gasteiger partial charge in [-0.25, -0.2) is 0 Å². The van der Waals surface area contributed by atoms with Crippen molar-refractivity contribution in [2.75, 3.05) is 23.3 Å². The number of rotatable bonds is 4. The van der Waals surface area contributed by atoms with Crippen LogP contribution in [-0.2, 0) is 13.6 Å². The van der Waals surface area contributed by atoms with Crippen molar-refractivity contribution in [3.63, 3.8) is 0 Å². The van der Waals surface area contributed by atoms with Gasteiger partial charge in [0.2, 0.25) is 0 Å². The van der Waals surface area contributed by atoms with E-state index in [1.807, 2.05) is 13.2 Å². The van der Waals surface area contributed by atoms with E-state index >= 15 is 0 Å². The molecular weight excluding hydrogens is 250 g/mol. The van der Waals surface area contributed by atoms with Gasteiger partial charge in [0.25, 0.3) is 0 Å². The average molecular weight is 271 g/mol. The van der Waals surface area contributed by atoms with Crippen molar-refractivity contribution in [2.24, 2.45) is 7.05 Å². The maximum atomic E-state index is 4.06. The summed E-state index contributed by atoms with van der Waals surface area (Å²) in [7, 11) is 1.88. The van der Waals surface area contributed by atoms with Gasteiger partial charge in [0, 0.05) is 37.7 Å². The molecule has 5 nitrogen and oxygen atoms in total. The van der Waals surface area contributed by atoms with Crippen LogP contribution in [0.4, 0.5) is 11.4 Å². The molecular formula is C15H21N5. The first-order valence-corrected chi connectivity index (χ1v) is 7.25. The van der Waals surface area contributed by atoms with Crippen LogP contribution < -0.4 is 10.2 Å². The van der Waals surface area contributed by atoms with Crippen LogP contribution in [0.25, 0.3) is 0 Å². The molecule has 0 unspecified atom stereocenters. The quantitative estimate of drug-likeness (QED) is 0.927. The molecule has 1 N–H and O–H groups in total. The van der Waals surface area contributed by atoms with Crippen molar-refractivity contribution in [3.05, 3.63) is 36.2 Å². The number of nitrogens with zero attached hydrogens (tertiary/aromatic N) is 4. The van der Waals surface area contributed by atoms with E-state index in [1.165, 1.54) is 38.0 Å². The Balaban J connectivity index is 1.58. The molecule has 0 amide bonds. The molecule has 1 aromatic carbocycles. The van der Waals surface area contributed by atoms with Gasteiger partial charge in [0.1, 0.15) is 5.69 Å². The molecule has 0 atom stereocenters. The Labute approximate surface area is 119 Å². The molecule has 2 heterocycles. The summed E-state index contributed by atoms with van der Waals surface area (Å²) in [6.07, 6.45) is 5.92. The van der Waals surface area contributed by atoms with Crippen LogP contribution in [0.5, 0.6) is 0 Å². The van der Waals surface area contributed by atoms with Crippen LogP contribution in [0.2, 0.25) is 0 Å². The number of aryl methyl sites for hydroxylation is 1. The standard InChI is InChI=1S/C15H21N5/c1-19-12-14(17-18-19)11-16-13-5-7-15(8-6-13)20-9-3-2-4-10-20/h5-8,12,16H,2-4,9-11H2,1H3. The zero-order valence-electron chi connectivity index (χ0n) is 11.9. The van der Waals surface area contributed by atoms with E-state index in [0.717, 1.165) is 11.4 Å². The van der Waals surface area contributed by atoms with E-state index < -0.39 is 0 Å². The lowest BCUT2D eigenvalue weighted by Crippen LogP contribution is -2.29. The average Bonchev–Trinajstić information content (AvgIpc) is 2.92. The molecule has 0 bridgehead atoms. The zero-order valence-corrected chi connectivity index (χ0v) is 11.9. The molecule has 0 saturated carbocycles. The van der Waals surface area contributed by atoms with E-state index in [0.29, 0.717) is 6.54 Å². The second kappa shape index (κ2) is 5.94. The van der Waals surface area contributed by atoms with Gasteiger partial charge in [-0.05, 0) is 43.5 Å². The molecule has 5 heteroatoms. The maximum absolute atomic E-state index is 4.06. The fraction of sp³-hybridized carbons (Fsp3) is 0.467. The highest BCUT2D eigenvalue weighted by Gasteiger charge is 2.10. The predicted molar refractivity (Wildman–Crippen MR) is 80.8 cm³/mol. The van der Waals surface area contributed by atoms with Crippen LogP contribution in [0.1, 0.15) is 25.0 Å². The monoisotopic (exact) mass is 271 g/mol. The van der Waals surface area contributed by atoms with Crippen LogP contribution >= 0.6 is 0 Å². The number of aromatic nitrogens is 3. The van der Waals surface area contributed by atoms with Crippen molar-refractivity contribution in [3.8, 4) is 0 Å². The molecule has 1 aromatic heterocycles. The van der Waals surface area contributed by atoms with Crippen LogP contribution in [0.15, 0.2) is 30.5 Å². The van der Waals surface area contributed by atoms with E-state index in [-0.39, 0.29) is 0 Å². The Morgan fingerprint density at radius 3 is 2.50 bits per heavy atom. The minimum absolute atomic E-state index is 0.705. The third-order valence-electron chi connectivity index (χ3n) is 3.71. The van der Waals surface area contributed by atoms with Crippen LogP contribution in [0, 0.1) is 0 Å². The summed E-state index contributed by atoms with van der Waals surface area (Å²) in [5.74, 6) is 0. The number of hydrogen-bond acceptors (Lipinski definition) is 4. The summed E-state index contributed by atoms with van der Waals surface area (Å²) in [6.45, 7) is 3.08. The van der Waals surface area contributed by atoms with Gasteiger partial charge < -0.3 is 10.2 Å². The first kappa shape index (κ1) is 13.0. The lowest BCUT2D eigenvalue weighted by molar-refractivity contribution is 0.578. The van der Waals surface area contributed by atoms with Crippen molar-refractivity contribution >= 4 is 11.4 Å². The van der Waals surface area contributed by atoms with Gasteiger partial charge in [-0.2, -0.15) is 0 Å². The normalized spacial score (nSPS) is 15.3. The van der Waals surface area contributed by atoms with Crippen LogP contribution in [0.3, 0.4) is 0 Å². The van der Waals surface area contributed by atoms with Gasteiger partial charge in [-0.15, -0.1) is 5.10 Å². The molecule has 1 fully saturated rings. The SMILES string of the molecule is Cn1cc(CNc2ccc(N3CCCCC3)cc2)nn1. The van der Waals surface area contributed by atoms with Gasteiger partial charge >= 0.3 is 0 Å². The van der Waals surface area contributed by atoms with E-state index in [2.05, 4.69) is 44.8 Å². The lowest BCUT2D eigenvalue weighted by Gasteiger charge is -2.28. The van der Waals surface area contributed by atoms with E-state index in [4.69, 9.17) is 0 Å². The third kappa shape index (κ3) is 3.10. The smallest absolute Gasteiger partial charge is 0.102 e. The second-order valence-corrected chi connectivity index (χ2v) is 5.33. The summed E-state index contributed by atoms with van der Waals surface area (Å²) in [4.78, 5) is 2.47. The highest BCUT2D eigenvalue weighted by Crippen LogP contribution is 2.21. The summed E-state index contributed by atoms with van der Waals surface area (Å²) in [5.41, 5.74) is 3.40. The van der Waals surface area contributed by atoms with Gasteiger partial charge in [0.15, 0.2) is 0 Å². The summed E-state index contributed by atoms with van der Waals surface area (Å²) in [5, 5.41) is 11.4. The fourth-order valence-corrected chi connectivity index (χ4v) is 2.61. The summed E-state index contributed by atoms with van der Waals surface area (Å²) in [6, 6.07) is 8.68. The Morgan fingerprint density at radius 2 is 1.85 bits per heavy atom. The maximum Gasteiger partial charge on any atom is 0.102 e. The summed E-state index contributed by atoms with van der Waals surface area (Å²) < 4.78 is 1.72. The highest BCUT2D eigenvalue weighted by atomic mass is 15.4. The Morgan fingerprint density at radius 1 is 1.10 bits per heavy atom. The minimum atomic E-state index is 0.705. The predicted octanol–water partition coefficient (Wildman–Crippen LogP) is 2.42. The number of hydrogen-bond donors (Lipinski definition) is 1. The Bertz CT molecular complexity index is 540. The molecule has 2 aromatic rings. The molecule has 1 aliphatic rings. The second-order valence-electron chi connectivity index (χ2n) is 5.33. The lowest BCUT2D eigenvalue weighted by atomic mass is 10.1. The van der Waals surface area contributed by atoms with Crippen molar-refractivity contribution in [1.82, 2.24) is 15.0 Å². The molecule has 0 spiro atoms. The molecule has 1 saturated heterocycles. The molecule has 1 aliphatic heterocycles. The molecule has 20 heavy (non-hydrogen) atoms. The number of piperidine rings is 1. The van der Waals surface area contributed by atoms with Crippen molar-refractivity contribution < 1.29 is 0 Å². The molecule has 3 rings (SSSR count). The number of benzene rings is 1. The van der Waals surface area contributed by atoms with Crippen LogP contribution in [-0.4, -0.2) is 28.1 Å². The van der Waals surface area contributed by atoms with E-state index in [9.17, 15) is 0 Å². The number of anilines is 2.